The summed E-state index contributed by atoms with van der Waals surface area (Å²) in [6.07, 6.45) is 3.26. The number of nitrogens with zero attached hydrogens (tertiary/aromatic N) is 3. The van der Waals surface area contributed by atoms with Crippen LogP contribution in [0, 0.1) is 5.82 Å². The predicted molar refractivity (Wildman–Crippen MR) is 100 cm³/mol. The molecule has 2 aliphatic heterocycles. The Balaban J connectivity index is 2.00. The Morgan fingerprint density at radius 2 is 1.93 bits per heavy atom. The first kappa shape index (κ1) is 17.9. The first-order valence-corrected chi connectivity index (χ1v) is 9.17. The minimum absolute atomic E-state index is 0.00597. The van der Waals surface area contributed by atoms with Crippen LogP contribution < -0.4 is 15.6 Å². The summed E-state index contributed by atoms with van der Waals surface area (Å²) in [6.45, 7) is 7.23. The second-order valence-corrected chi connectivity index (χ2v) is 8.33. The van der Waals surface area contributed by atoms with Crippen molar-refractivity contribution in [3.8, 4) is 0 Å². The summed E-state index contributed by atoms with van der Waals surface area (Å²) >= 11 is 0. The van der Waals surface area contributed by atoms with Gasteiger partial charge in [0.2, 0.25) is 5.43 Å². The van der Waals surface area contributed by atoms with Gasteiger partial charge in [0, 0.05) is 36.9 Å². The highest BCUT2D eigenvalue weighted by Crippen LogP contribution is 2.34. The van der Waals surface area contributed by atoms with E-state index in [0.29, 0.717) is 5.65 Å². The molecule has 0 saturated carbocycles. The molecule has 27 heavy (non-hydrogen) atoms. The van der Waals surface area contributed by atoms with Crippen molar-refractivity contribution in [2.45, 2.75) is 51.2 Å². The maximum atomic E-state index is 15.0. The van der Waals surface area contributed by atoms with Crippen molar-refractivity contribution in [1.29, 1.82) is 0 Å². The van der Waals surface area contributed by atoms with E-state index in [4.69, 9.17) is 0 Å². The van der Waals surface area contributed by atoms with Gasteiger partial charge in [-0.05, 0) is 39.7 Å². The van der Waals surface area contributed by atoms with Crippen molar-refractivity contribution in [3.05, 3.63) is 33.9 Å². The Morgan fingerprint density at radius 3 is 2.48 bits per heavy atom. The van der Waals surface area contributed by atoms with Crippen LogP contribution in [0.15, 0.2) is 17.1 Å². The number of carbonyl (C=O) groups is 1. The number of anilines is 1. The molecule has 2 bridgehead atoms. The molecule has 0 aliphatic carbocycles. The lowest BCUT2D eigenvalue weighted by Crippen LogP contribution is -2.52. The minimum Gasteiger partial charge on any atom is -0.477 e. The van der Waals surface area contributed by atoms with Gasteiger partial charge >= 0.3 is 5.97 Å². The normalized spacial score (nSPS) is 22.4. The summed E-state index contributed by atoms with van der Waals surface area (Å²) in [5.41, 5.74) is -1.31. The first-order valence-electron chi connectivity index (χ1n) is 9.17. The summed E-state index contributed by atoms with van der Waals surface area (Å²) in [6, 6.07) is 1.50. The molecule has 144 valence electrons. The number of carboxylic acids is 1. The van der Waals surface area contributed by atoms with E-state index in [0.717, 1.165) is 32.0 Å². The number of aromatic nitrogens is 2. The number of nitrogens with one attached hydrogen (secondary N) is 1. The molecule has 0 radical (unpaired) electrons. The van der Waals surface area contributed by atoms with Crippen molar-refractivity contribution in [2.75, 3.05) is 18.0 Å². The molecule has 2 aliphatic rings. The van der Waals surface area contributed by atoms with E-state index >= 15 is 0 Å². The van der Waals surface area contributed by atoms with Crippen molar-refractivity contribution in [2.24, 2.45) is 0 Å². The highest BCUT2D eigenvalue weighted by Gasteiger charge is 2.39. The zero-order valence-electron chi connectivity index (χ0n) is 15.6. The second-order valence-electron chi connectivity index (χ2n) is 8.33. The molecule has 8 heteroatoms. The van der Waals surface area contributed by atoms with Gasteiger partial charge in [-0.2, -0.15) is 0 Å². The van der Waals surface area contributed by atoms with Gasteiger partial charge in [-0.15, -0.1) is 0 Å². The molecule has 0 amide bonds. The fourth-order valence-electron chi connectivity index (χ4n) is 4.18. The molecule has 2 N–H and O–H groups in total. The molecule has 7 nitrogen and oxygen atoms in total. The van der Waals surface area contributed by atoms with Gasteiger partial charge in [-0.3, -0.25) is 4.79 Å². The number of pyridine rings is 2. The molecule has 0 spiro atoms. The van der Waals surface area contributed by atoms with Crippen LogP contribution in [0.5, 0.6) is 0 Å². The molecule has 2 atom stereocenters. The standard InChI is InChI=1S/C19H23FN4O3/c1-19(2,3)23-9-13(18(26)27)15(25)12-6-14(20)17(22-16(12)23)24-10-4-5-11(24)8-21-7-10/h6,9-11,21H,4-5,7-8H2,1-3H3,(H,26,27). The van der Waals surface area contributed by atoms with Gasteiger partial charge in [0.05, 0.1) is 5.39 Å². The molecule has 2 fully saturated rings. The van der Waals surface area contributed by atoms with E-state index in [1.165, 1.54) is 6.20 Å². The molecule has 2 aromatic rings. The number of carboxylic acid groups (broad SMARTS) is 1. The lowest BCUT2D eigenvalue weighted by molar-refractivity contribution is 0.0694. The van der Waals surface area contributed by atoms with Crippen LogP contribution >= 0.6 is 0 Å². The van der Waals surface area contributed by atoms with Crippen molar-refractivity contribution < 1.29 is 14.3 Å². The molecular weight excluding hydrogens is 351 g/mol. The van der Waals surface area contributed by atoms with Gasteiger partial charge in [0.25, 0.3) is 0 Å². The van der Waals surface area contributed by atoms with Crippen molar-refractivity contribution in [3.63, 3.8) is 0 Å². The number of fused-ring (bicyclic) bond motifs is 3. The molecule has 2 aromatic heterocycles. The van der Waals surface area contributed by atoms with Crippen molar-refractivity contribution in [1.82, 2.24) is 14.9 Å². The Kier molecular flexibility index (Phi) is 3.99. The van der Waals surface area contributed by atoms with E-state index in [-0.39, 0.29) is 28.9 Å². The zero-order valence-corrected chi connectivity index (χ0v) is 15.6. The molecule has 0 aromatic carbocycles. The summed E-state index contributed by atoms with van der Waals surface area (Å²) in [7, 11) is 0. The van der Waals surface area contributed by atoms with Crippen LogP contribution in [0.2, 0.25) is 0 Å². The average molecular weight is 374 g/mol. The van der Waals surface area contributed by atoms with E-state index in [1.54, 1.807) is 4.57 Å². The van der Waals surface area contributed by atoms with E-state index in [2.05, 4.69) is 10.3 Å². The highest BCUT2D eigenvalue weighted by molar-refractivity contribution is 5.92. The van der Waals surface area contributed by atoms with E-state index < -0.39 is 22.8 Å². The lowest BCUT2D eigenvalue weighted by Gasteiger charge is -2.36. The van der Waals surface area contributed by atoms with Crippen LogP contribution in [0.25, 0.3) is 11.0 Å². The maximum Gasteiger partial charge on any atom is 0.341 e. The average Bonchev–Trinajstić information content (AvgIpc) is 2.82. The lowest BCUT2D eigenvalue weighted by atomic mass is 10.1. The van der Waals surface area contributed by atoms with Gasteiger partial charge < -0.3 is 19.9 Å². The first-order chi connectivity index (χ1) is 12.7. The third-order valence-electron chi connectivity index (χ3n) is 5.49. The third kappa shape index (κ3) is 2.79. The Bertz CT molecular complexity index is 979. The zero-order chi connectivity index (χ0) is 19.5. The number of halogens is 1. The van der Waals surface area contributed by atoms with Crippen LogP contribution in [-0.4, -0.2) is 45.8 Å². The Hall–Kier alpha value is -2.48. The molecule has 4 rings (SSSR count). The molecule has 4 heterocycles. The number of hydrogen-bond acceptors (Lipinski definition) is 5. The van der Waals surface area contributed by atoms with E-state index in [9.17, 15) is 19.1 Å². The summed E-state index contributed by atoms with van der Waals surface area (Å²) in [4.78, 5) is 30.7. The summed E-state index contributed by atoms with van der Waals surface area (Å²) in [5, 5.41) is 12.7. The van der Waals surface area contributed by atoms with Crippen molar-refractivity contribution >= 4 is 22.8 Å². The van der Waals surface area contributed by atoms with Crippen LogP contribution in [0.1, 0.15) is 44.0 Å². The SMILES string of the molecule is CC(C)(C)n1cc(C(=O)O)c(=O)c2cc(F)c(N3C4CCC3CNC4)nc21. The van der Waals surface area contributed by atoms with Crippen LogP contribution in [-0.2, 0) is 5.54 Å². The number of rotatable bonds is 2. The monoisotopic (exact) mass is 374 g/mol. The van der Waals surface area contributed by atoms with Gasteiger partial charge in [0.15, 0.2) is 11.6 Å². The molecule has 2 unspecified atom stereocenters. The number of piperazine rings is 1. The summed E-state index contributed by atoms with van der Waals surface area (Å²) < 4.78 is 16.7. The maximum absolute atomic E-state index is 15.0. The second kappa shape index (κ2) is 6.02. The van der Waals surface area contributed by atoms with Crippen LogP contribution in [0.3, 0.4) is 0 Å². The fourth-order valence-corrected chi connectivity index (χ4v) is 4.18. The summed E-state index contributed by atoms with van der Waals surface area (Å²) in [5.74, 6) is -1.66. The quantitative estimate of drug-likeness (QED) is 0.835. The topological polar surface area (TPSA) is 87.5 Å². The Labute approximate surface area is 155 Å². The van der Waals surface area contributed by atoms with Gasteiger partial charge in [-0.1, -0.05) is 0 Å². The molecular formula is C19H23FN4O3. The Morgan fingerprint density at radius 1 is 1.30 bits per heavy atom. The fraction of sp³-hybridized carbons (Fsp3) is 0.526. The minimum atomic E-state index is -1.33. The third-order valence-corrected chi connectivity index (χ3v) is 5.49. The van der Waals surface area contributed by atoms with E-state index in [1.807, 2.05) is 25.7 Å². The van der Waals surface area contributed by atoms with Gasteiger partial charge in [-0.25, -0.2) is 14.2 Å². The highest BCUT2D eigenvalue weighted by atomic mass is 19.1. The van der Waals surface area contributed by atoms with Gasteiger partial charge in [0.1, 0.15) is 11.2 Å². The smallest absolute Gasteiger partial charge is 0.341 e. The van der Waals surface area contributed by atoms with Crippen LogP contribution in [0.4, 0.5) is 10.2 Å². The predicted octanol–water partition coefficient (Wildman–Crippen LogP) is 1.93. The number of hydrogen-bond donors (Lipinski definition) is 2. The largest absolute Gasteiger partial charge is 0.477 e. The molecule has 2 saturated heterocycles. The number of aromatic carboxylic acids is 1.